The molecule has 2 aliphatic rings. The van der Waals surface area contributed by atoms with E-state index in [1.54, 1.807) is 0 Å². The summed E-state index contributed by atoms with van der Waals surface area (Å²) in [7, 11) is -7.40. The molecule has 2 aliphatic heterocycles. The molecule has 1 unspecified atom stereocenters. The molecule has 0 radical (unpaired) electrons. The first-order chi connectivity index (χ1) is 11.9. The molecular weight excluding hydrogens is 362 g/mol. The van der Waals surface area contributed by atoms with Crippen molar-refractivity contribution >= 4 is 20.0 Å². The van der Waals surface area contributed by atoms with Gasteiger partial charge in [0.2, 0.25) is 20.0 Å². The minimum Gasteiger partial charge on any atom is -0.329 e. The molecule has 0 amide bonds. The zero-order chi connectivity index (χ0) is 18.1. The van der Waals surface area contributed by atoms with Crippen LogP contribution in [0.1, 0.15) is 32.1 Å². The fourth-order valence-electron chi connectivity index (χ4n) is 3.55. The smallest absolute Gasteiger partial charge is 0.243 e. The molecule has 0 spiro atoms. The summed E-state index contributed by atoms with van der Waals surface area (Å²) in [6.45, 7) is 1.67. The molecule has 0 saturated carbocycles. The second kappa shape index (κ2) is 7.32. The molecule has 0 bridgehead atoms. The lowest BCUT2D eigenvalue weighted by atomic mass is 10.2. The fraction of sp³-hybridized carbons (Fsp3) is 0.625. The third-order valence-electron chi connectivity index (χ3n) is 4.96. The third-order valence-corrected chi connectivity index (χ3v) is 8.80. The highest BCUT2D eigenvalue weighted by Crippen LogP contribution is 2.28. The summed E-state index contributed by atoms with van der Waals surface area (Å²) in [5, 5.41) is 0. The highest BCUT2D eigenvalue weighted by Gasteiger charge is 2.35. The molecule has 0 aliphatic carbocycles. The maximum atomic E-state index is 12.9. The summed E-state index contributed by atoms with van der Waals surface area (Å²) in [6.07, 6.45) is 4.20. The van der Waals surface area contributed by atoms with Crippen molar-refractivity contribution < 1.29 is 16.8 Å². The van der Waals surface area contributed by atoms with Crippen LogP contribution in [0.25, 0.3) is 0 Å². The van der Waals surface area contributed by atoms with Crippen LogP contribution >= 0.6 is 0 Å². The Bertz CT molecular complexity index is 818. The van der Waals surface area contributed by atoms with Crippen molar-refractivity contribution in [1.29, 1.82) is 0 Å². The molecule has 7 nitrogen and oxygen atoms in total. The van der Waals surface area contributed by atoms with Gasteiger partial charge in [0.05, 0.1) is 9.79 Å². The van der Waals surface area contributed by atoms with Crippen molar-refractivity contribution in [1.82, 2.24) is 8.61 Å². The first-order valence-corrected chi connectivity index (χ1v) is 11.6. The van der Waals surface area contributed by atoms with E-state index in [1.165, 1.54) is 32.9 Å². The Labute approximate surface area is 149 Å². The van der Waals surface area contributed by atoms with Crippen LogP contribution in [-0.4, -0.2) is 57.7 Å². The van der Waals surface area contributed by atoms with E-state index in [9.17, 15) is 16.8 Å². The zero-order valence-corrected chi connectivity index (χ0v) is 15.8. The third kappa shape index (κ3) is 3.61. The highest BCUT2D eigenvalue weighted by molar-refractivity contribution is 7.90. The predicted molar refractivity (Wildman–Crippen MR) is 95.0 cm³/mol. The molecule has 9 heteroatoms. The van der Waals surface area contributed by atoms with Crippen molar-refractivity contribution in [2.75, 3.05) is 26.2 Å². The van der Waals surface area contributed by atoms with Gasteiger partial charge in [-0.15, -0.1) is 0 Å². The maximum absolute atomic E-state index is 12.9. The van der Waals surface area contributed by atoms with Gasteiger partial charge in [0.1, 0.15) is 0 Å². The minimum atomic E-state index is -3.74. The van der Waals surface area contributed by atoms with E-state index in [2.05, 4.69) is 0 Å². The van der Waals surface area contributed by atoms with Gasteiger partial charge in [-0.2, -0.15) is 8.61 Å². The van der Waals surface area contributed by atoms with E-state index in [0.29, 0.717) is 19.6 Å². The molecule has 0 aromatic heterocycles. The lowest BCUT2D eigenvalue weighted by Crippen LogP contribution is -2.40. The number of rotatable bonds is 5. The highest BCUT2D eigenvalue weighted by atomic mass is 32.2. The van der Waals surface area contributed by atoms with E-state index in [0.717, 1.165) is 32.1 Å². The van der Waals surface area contributed by atoms with E-state index in [4.69, 9.17) is 5.73 Å². The summed E-state index contributed by atoms with van der Waals surface area (Å²) in [6, 6.07) is 5.49. The molecule has 3 rings (SSSR count). The number of nitrogens with zero attached hydrogens (tertiary/aromatic N) is 2. The normalized spacial score (nSPS) is 23.8. The van der Waals surface area contributed by atoms with Crippen LogP contribution in [0, 0.1) is 0 Å². The SMILES string of the molecule is NCC1CCCN1S(=O)(=O)c1cccc(S(=O)(=O)N2CCCCC2)c1. The van der Waals surface area contributed by atoms with Crippen LogP contribution in [0.15, 0.2) is 34.1 Å². The van der Waals surface area contributed by atoms with Crippen molar-refractivity contribution in [2.45, 2.75) is 47.9 Å². The number of nitrogens with two attached hydrogens (primary N) is 1. The van der Waals surface area contributed by atoms with Gasteiger partial charge in [0, 0.05) is 32.2 Å². The first kappa shape index (κ1) is 18.8. The largest absolute Gasteiger partial charge is 0.329 e. The van der Waals surface area contributed by atoms with Gasteiger partial charge in [-0.05, 0) is 43.9 Å². The standard InChI is InChI=1S/C16H25N3O4S2/c17-13-14-6-5-11-19(14)25(22,23)16-8-4-7-15(12-16)24(20,21)18-9-2-1-3-10-18/h4,7-8,12,14H,1-3,5-6,9-11,13,17H2. The number of benzene rings is 1. The Kier molecular flexibility index (Phi) is 5.50. The van der Waals surface area contributed by atoms with Crippen LogP contribution in [0.2, 0.25) is 0 Å². The van der Waals surface area contributed by atoms with E-state index in [1.807, 2.05) is 0 Å². The number of sulfonamides is 2. The minimum absolute atomic E-state index is 0.0194. The Morgan fingerprint density at radius 1 is 0.920 bits per heavy atom. The fourth-order valence-corrected chi connectivity index (χ4v) is 6.93. The first-order valence-electron chi connectivity index (χ1n) is 8.69. The van der Waals surface area contributed by atoms with Crippen molar-refractivity contribution in [3.05, 3.63) is 24.3 Å². The zero-order valence-electron chi connectivity index (χ0n) is 14.2. The number of hydrogen-bond acceptors (Lipinski definition) is 5. The molecule has 1 atom stereocenters. The monoisotopic (exact) mass is 387 g/mol. The van der Waals surface area contributed by atoms with Crippen molar-refractivity contribution in [3.8, 4) is 0 Å². The summed E-state index contributed by atoms with van der Waals surface area (Å²) < 4.78 is 54.3. The molecule has 1 aromatic rings. The molecule has 25 heavy (non-hydrogen) atoms. The lowest BCUT2D eigenvalue weighted by molar-refractivity contribution is 0.346. The van der Waals surface area contributed by atoms with Gasteiger partial charge in [0.25, 0.3) is 0 Å². The van der Waals surface area contributed by atoms with Crippen LogP contribution in [0.4, 0.5) is 0 Å². The lowest BCUT2D eigenvalue weighted by Gasteiger charge is -2.26. The molecular formula is C16H25N3O4S2. The van der Waals surface area contributed by atoms with E-state index in [-0.39, 0.29) is 22.4 Å². The topological polar surface area (TPSA) is 101 Å². The van der Waals surface area contributed by atoms with Gasteiger partial charge < -0.3 is 5.73 Å². The van der Waals surface area contributed by atoms with Crippen LogP contribution in [0.5, 0.6) is 0 Å². The summed E-state index contributed by atoms with van der Waals surface area (Å²) in [4.78, 5) is 0.0601. The molecule has 1 aromatic carbocycles. The van der Waals surface area contributed by atoms with Crippen LogP contribution in [-0.2, 0) is 20.0 Å². The Balaban J connectivity index is 1.93. The van der Waals surface area contributed by atoms with Gasteiger partial charge >= 0.3 is 0 Å². The Morgan fingerprint density at radius 2 is 1.56 bits per heavy atom. The van der Waals surface area contributed by atoms with Crippen LogP contribution < -0.4 is 5.73 Å². The van der Waals surface area contributed by atoms with Crippen LogP contribution in [0.3, 0.4) is 0 Å². The second-order valence-electron chi connectivity index (χ2n) is 6.59. The molecule has 2 saturated heterocycles. The van der Waals surface area contributed by atoms with Crippen molar-refractivity contribution in [3.63, 3.8) is 0 Å². The van der Waals surface area contributed by atoms with Gasteiger partial charge in [-0.1, -0.05) is 12.5 Å². The Hall–Kier alpha value is -1.00. The Morgan fingerprint density at radius 3 is 2.20 bits per heavy atom. The van der Waals surface area contributed by atoms with Gasteiger partial charge in [-0.25, -0.2) is 16.8 Å². The summed E-state index contributed by atoms with van der Waals surface area (Å²) >= 11 is 0. The van der Waals surface area contributed by atoms with E-state index < -0.39 is 20.0 Å². The molecule has 140 valence electrons. The average Bonchev–Trinajstić information content (AvgIpc) is 3.12. The molecule has 2 fully saturated rings. The van der Waals surface area contributed by atoms with Crippen molar-refractivity contribution in [2.24, 2.45) is 5.73 Å². The quantitative estimate of drug-likeness (QED) is 0.811. The average molecular weight is 388 g/mol. The van der Waals surface area contributed by atoms with Gasteiger partial charge in [-0.3, -0.25) is 0 Å². The van der Waals surface area contributed by atoms with E-state index >= 15 is 0 Å². The summed E-state index contributed by atoms with van der Waals surface area (Å²) in [5.41, 5.74) is 5.69. The molecule has 2 heterocycles. The second-order valence-corrected chi connectivity index (χ2v) is 10.4. The number of hydrogen-bond donors (Lipinski definition) is 1. The predicted octanol–water partition coefficient (Wildman–Crippen LogP) is 0.973. The van der Waals surface area contributed by atoms with Gasteiger partial charge in [0.15, 0.2) is 0 Å². The molecule has 2 N–H and O–H groups in total. The summed E-state index contributed by atoms with van der Waals surface area (Å²) in [5.74, 6) is 0. The maximum Gasteiger partial charge on any atom is 0.243 e. The number of piperidine rings is 1.